The molecule has 0 heterocycles. The summed E-state index contributed by atoms with van der Waals surface area (Å²) in [7, 11) is 0. The van der Waals surface area contributed by atoms with E-state index in [1.807, 2.05) is 6.42 Å². The Morgan fingerprint density at radius 2 is 1.30 bits per heavy atom. The van der Waals surface area contributed by atoms with Gasteiger partial charge >= 0.3 is 109 Å². The van der Waals surface area contributed by atoms with Crippen LogP contribution in [0.1, 0.15) is 64.2 Å². The Morgan fingerprint density at radius 3 is 1.80 bits per heavy atom. The Labute approximate surface area is 207 Å². The number of carboxylic acids is 2. The number of hydrogen-bond donors (Lipinski definition) is 2. The number of rotatable bonds is 13. The molecule has 0 radical (unpaired) electrons. The molecule has 0 bridgehead atoms. The molecular formula is C14H24K2O4. The summed E-state index contributed by atoms with van der Waals surface area (Å²) in [4.78, 5) is 20.4. The van der Waals surface area contributed by atoms with Crippen molar-refractivity contribution in [2.45, 2.75) is 64.2 Å². The molecule has 0 rings (SSSR count). The van der Waals surface area contributed by atoms with Crippen molar-refractivity contribution in [2.75, 3.05) is 0 Å². The topological polar surface area (TPSA) is 74.6 Å². The molecule has 0 aliphatic carbocycles. The van der Waals surface area contributed by atoms with Crippen molar-refractivity contribution in [1.29, 1.82) is 0 Å². The van der Waals surface area contributed by atoms with Gasteiger partial charge in [0.1, 0.15) is 0 Å². The van der Waals surface area contributed by atoms with Crippen LogP contribution in [0.5, 0.6) is 0 Å². The first kappa shape index (κ1) is 27.0. The third kappa shape index (κ3) is 25.1. The van der Waals surface area contributed by atoms with Crippen LogP contribution in [-0.4, -0.2) is 22.2 Å². The Hall–Kier alpha value is 2.08. The van der Waals surface area contributed by atoms with E-state index < -0.39 is 11.9 Å². The molecule has 0 aromatic heterocycles. The summed E-state index contributed by atoms with van der Waals surface area (Å²) >= 11 is 0. The largest absolute Gasteiger partial charge is 1.00 e. The Balaban J connectivity index is -0.00000144. The van der Waals surface area contributed by atoms with Crippen LogP contribution >= 0.6 is 0 Å². The van der Waals surface area contributed by atoms with E-state index in [0.717, 1.165) is 32.1 Å². The van der Waals surface area contributed by atoms with E-state index in [2.05, 4.69) is 0 Å². The third-order valence-electron chi connectivity index (χ3n) is 2.76. The molecule has 0 aromatic carbocycles. The second kappa shape index (κ2) is 21.1. The van der Waals surface area contributed by atoms with Gasteiger partial charge in [-0.2, -0.15) is 6.42 Å². The fourth-order valence-corrected chi connectivity index (χ4v) is 1.75. The average molecular weight is 335 g/mol. The molecule has 0 fully saturated rings. The molecule has 0 saturated carbocycles. The van der Waals surface area contributed by atoms with E-state index in [1.165, 1.54) is 25.7 Å². The van der Waals surface area contributed by atoms with Crippen LogP contribution < -0.4 is 103 Å². The zero-order valence-corrected chi connectivity index (χ0v) is 19.2. The van der Waals surface area contributed by atoms with Gasteiger partial charge in [-0.25, -0.2) is 0 Å². The van der Waals surface area contributed by atoms with E-state index in [-0.39, 0.29) is 109 Å². The minimum absolute atomic E-state index is 0. The molecule has 0 saturated heterocycles. The minimum atomic E-state index is -0.854. The van der Waals surface area contributed by atoms with E-state index in [1.54, 1.807) is 0 Å². The van der Waals surface area contributed by atoms with Gasteiger partial charge in [-0.1, -0.05) is 38.5 Å². The number of hydrogen-bond acceptors (Lipinski definition) is 2. The first-order valence-corrected chi connectivity index (χ1v) is 6.72. The number of aliphatic carboxylic acids is 2. The van der Waals surface area contributed by atoms with Crippen molar-refractivity contribution in [3.8, 4) is 0 Å². The smallest absolute Gasteiger partial charge is 0.503 e. The molecule has 4 nitrogen and oxygen atoms in total. The van der Waals surface area contributed by atoms with Gasteiger partial charge in [0.2, 0.25) is 0 Å². The number of unbranched alkanes of at least 4 members (excludes halogenated alkanes) is 9. The number of carboxylic acid groups (broad SMARTS) is 2. The van der Waals surface area contributed by atoms with Crippen LogP contribution in [0.25, 0.3) is 0 Å². The standard InChI is InChI=1S/C14H24O4.2K/c15-13(16)11-9-7-5-3-1-2-4-6-8-10-12-14(17)18;;/h7,11H,1-6,8-10,12H2,(H,15,16)(H,17,18);;/q-2;2*+1. The molecule has 0 amide bonds. The monoisotopic (exact) mass is 334 g/mol. The molecule has 0 aliphatic heterocycles. The van der Waals surface area contributed by atoms with Crippen molar-refractivity contribution in [3.63, 3.8) is 0 Å². The average Bonchev–Trinajstić information content (AvgIpc) is 2.29. The Kier molecular flexibility index (Phi) is 28.4. The first-order chi connectivity index (χ1) is 8.63. The van der Waals surface area contributed by atoms with E-state index in [0.29, 0.717) is 6.42 Å². The van der Waals surface area contributed by atoms with Crippen LogP contribution in [0, 0.1) is 12.8 Å². The predicted octanol–water partition coefficient (Wildman–Crippen LogP) is -2.53. The van der Waals surface area contributed by atoms with Gasteiger partial charge < -0.3 is 23.1 Å². The van der Waals surface area contributed by atoms with Crippen LogP contribution in [0.3, 0.4) is 0 Å². The van der Waals surface area contributed by atoms with Crippen LogP contribution in [-0.2, 0) is 9.59 Å². The van der Waals surface area contributed by atoms with Crippen LogP contribution in [0.2, 0.25) is 0 Å². The van der Waals surface area contributed by atoms with Gasteiger partial charge in [0.15, 0.2) is 5.97 Å². The molecule has 0 aromatic rings. The molecule has 0 aliphatic rings. The van der Waals surface area contributed by atoms with E-state index >= 15 is 0 Å². The van der Waals surface area contributed by atoms with Crippen molar-refractivity contribution in [3.05, 3.63) is 12.8 Å². The normalized spacial score (nSPS) is 9.20. The summed E-state index contributed by atoms with van der Waals surface area (Å²) in [6.45, 7) is 0. The zero-order chi connectivity index (χ0) is 13.6. The first-order valence-electron chi connectivity index (χ1n) is 6.72. The van der Waals surface area contributed by atoms with Gasteiger partial charge in [0.05, 0.1) is 0 Å². The predicted molar refractivity (Wildman–Crippen MR) is 70.0 cm³/mol. The summed E-state index contributed by atoms with van der Waals surface area (Å²) < 4.78 is 0. The molecule has 0 atom stereocenters. The van der Waals surface area contributed by atoms with Crippen molar-refractivity contribution in [2.24, 2.45) is 0 Å². The molecule has 0 unspecified atom stereocenters. The van der Waals surface area contributed by atoms with Gasteiger partial charge in [-0.05, 0) is 6.42 Å². The molecule has 20 heavy (non-hydrogen) atoms. The van der Waals surface area contributed by atoms with E-state index in [9.17, 15) is 9.59 Å². The molecule has 6 heteroatoms. The Morgan fingerprint density at radius 1 is 0.800 bits per heavy atom. The number of carbonyl (C=O) groups is 2. The van der Waals surface area contributed by atoms with Gasteiger partial charge in [-0.3, -0.25) is 16.0 Å². The summed E-state index contributed by atoms with van der Waals surface area (Å²) in [5, 5.41) is 16.8. The Bertz CT molecular complexity index is 211. The van der Waals surface area contributed by atoms with Crippen molar-refractivity contribution < 1.29 is 123 Å². The summed E-state index contributed by atoms with van der Waals surface area (Å²) in [5.41, 5.74) is 0. The summed E-state index contributed by atoms with van der Waals surface area (Å²) in [6.07, 6.45) is 12.6. The molecular weight excluding hydrogens is 310 g/mol. The van der Waals surface area contributed by atoms with Crippen molar-refractivity contribution in [1.82, 2.24) is 0 Å². The van der Waals surface area contributed by atoms with Crippen LogP contribution in [0.15, 0.2) is 0 Å². The summed E-state index contributed by atoms with van der Waals surface area (Å²) in [6, 6.07) is 0. The van der Waals surface area contributed by atoms with E-state index in [4.69, 9.17) is 10.2 Å². The third-order valence-corrected chi connectivity index (χ3v) is 2.76. The maximum atomic E-state index is 10.3. The van der Waals surface area contributed by atoms with Crippen LogP contribution in [0.4, 0.5) is 0 Å². The maximum Gasteiger partial charge on any atom is 1.00 e. The molecule has 2 N–H and O–H groups in total. The molecule has 0 spiro atoms. The van der Waals surface area contributed by atoms with Gasteiger partial charge in [-0.15, -0.1) is 0 Å². The van der Waals surface area contributed by atoms with Crippen molar-refractivity contribution >= 4 is 11.9 Å². The molecule has 106 valence electrons. The minimum Gasteiger partial charge on any atom is -0.503 e. The van der Waals surface area contributed by atoms with Gasteiger partial charge in [0.25, 0.3) is 0 Å². The second-order valence-corrected chi connectivity index (χ2v) is 4.47. The second-order valence-electron chi connectivity index (χ2n) is 4.47. The van der Waals surface area contributed by atoms with Gasteiger partial charge in [0, 0.05) is 6.42 Å². The fraction of sp³-hybridized carbons (Fsp3) is 0.714. The SMILES string of the molecule is O=C(O)[CH-]C[CH-]CCCCCCCCCC(=O)O.[K+].[K+]. The fourth-order valence-electron chi connectivity index (χ4n) is 1.75. The summed E-state index contributed by atoms with van der Waals surface area (Å²) in [5.74, 6) is -1.56. The zero-order valence-electron chi connectivity index (χ0n) is 12.9. The maximum absolute atomic E-state index is 10.3. The quantitative estimate of drug-likeness (QED) is 0.221.